The Balaban J connectivity index is -0.000000677. The van der Waals surface area contributed by atoms with Gasteiger partial charge < -0.3 is 19.7 Å². The van der Waals surface area contributed by atoms with Gasteiger partial charge in [0.15, 0.2) is 0 Å². The van der Waals surface area contributed by atoms with Crippen LogP contribution < -0.4 is 0 Å². The van der Waals surface area contributed by atoms with Crippen LogP contribution in [0.15, 0.2) is 12.2 Å². The standard InChI is InChI=1S/C20H38O2.C5H10O3.C2H6O/c1-3-5-6-7-8-9-10-11-12-13-14-15-16-17-18-19-20(21)22-4-2;1-3-8-5(7)4(2)6;1-2-3/h11-12H,3-10,13-19H2,1-2H3;4,6H,3H2,1-2H3;3H,2H2,1H3/b12-11-;;. The highest BCUT2D eigenvalue weighted by atomic mass is 16.5. The van der Waals surface area contributed by atoms with E-state index in [0.717, 1.165) is 12.8 Å². The van der Waals surface area contributed by atoms with Gasteiger partial charge in [0.2, 0.25) is 0 Å². The number of carbonyl (C=O) groups is 2. The molecular weight excluding hydrogens is 420 g/mol. The van der Waals surface area contributed by atoms with Crippen molar-refractivity contribution in [1.29, 1.82) is 0 Å². The molecule has 0 aliphatic rings. The summed E-state index contributed by atoms with van der Waals surface area (Å²) in [5, 5.41) is 16.0. The molecule has 0 amide bonds. The summed E-state index contributed by atoms with van der Waals surface area (Å²) in [7, 11) is 0. The van der Waals surface area contributed by atoms with Gasteiger partial charge in [0.25, 0.3) is 0 Å². The summed E-state index contributed by atoms with van der Waals surface area (Å²) in [4.78, 5) is 21.4. The molecule has 0 fully saturated rings. The van der Waals surface area contributed by atoms with Gasteiger partial charge in [0.05, 0.1) is 13.2 Å². The summed E-state index contributed by atoms with van der Waals surface area (Å²) in [6.07, 6.45) is 21.0. The Kier molecular flexibility index (Phi) is 35.9. The smallest absolute Gasteiger partial charge is 0.334 e. The maximum Gasteiger partial charge on any atom is 0.334 e. The second-order valence-electron chi connectivity index (χ2n) is 7.88. The highest BCUT2D eigenvalue weighted by Gasteiger charge is 2.07. The molecule has 0 rings (SSSR count). The molecular formula is C27H54O6. The van der Waals surface area contributed by atoms with Gasteiger partial charge in [-0.05, 0) is 59.8 Å². The third-order valence-electron chi connectivity index (χ3n) is 4.58. The molecule has 6 nitrogen and oxygen atoms in total. The average Bonchev–Trinajstić information content (AvgIpc) is 2.77. The fraction of sp³-hybridized carbons (Fsp3) is 0.852. The second kappa shape index (κ2) is 32.8. The predicted octanol–water partition coefficient (Wildman–Crippen LogP) is 6.52. The molecule has 1 unspecified atom stereocenters. The van der Waals surface area contributed by atoms with Crippen LogP contribution in [-0.2, 0) is 19.1 Å². The first kappa shape index (κ1) is 36.2. The molecule has 0 aromatic carbocycles. The lowest BCUT2D eigenvalue weighted by Gasteiger charge is -2.01. The second-order valence-corrected chi connectivity index (χ2v) is 7.88. The summed E-state index contributed by atoms with van der Waals surface area (Å²) in [6, 6.07) is 0. The summed E-state index contributed by atoms with van der Waals surface area (Å²) < 4.78 is 9.33. The average molecular weight is 475 g/mol. The molecule has 198 valence electrons. The van der Waals surface area contributed by atoms with E-state index in [4.69, 9.17) is 14.9 Å². The molecule has 0 heterocycles. The van der Waals surface area contributed by atoms with Crippen molar-refractivity contribution in [3.05, 3.63) is 12.2 Å². The van der Waals surface area contributed by atoms with Crippen molar-refractivity contribution in [3.8, 4) is 0 Å². The highest BCUT2D eigenvalue weighted by Crippen LogP contribution is 2.10. The minimum absolute atomic E-state index is 0.0415. The lowest BCUT2D eigenvalue weighted by Crippen LogP contribution is -2.18. The molecule has 2 N–H and O–H groups in total. The predicted molar refractivity (Wildman–Crippen MR) is 137 cm³/mol. The van der Waals surface area contributed by atoms with Crippen LogP contribution in [0.4, 0.5) is 0 Å². The van der Waals surface area contributed by atoms with E-state index in [-0.39, 0.29) is 12.6 Å². The van der Waals surface area contributed by atoms with Crippen molar-refractivity contribution in [2.45, 2.75) is 131 Å². The Hall–Kier alpha value is -1.40. The van der Waals surface area contributed by atoms with Crippen LogP contribution in [0, 0.1) is 0 Å². The fourth-order valence-electron chi connectivity index (χ4n) is 2.84. The number of ether oxygens (including phenoxy) is 2. The van der Waals surface area contributed by atoms with E-state index in [1.54, 1.807) is 13.8 Å². The Morgan fingerprint density at radius 1 is 0.727 bits per heavy atom. The molecule has 0 aromatic heterocycles. The number of carbonyl (C=O) groups excluding carboxylic acids is 2. The fourth-order valence-corrected chi connectivity index (χ4v) is 2.84. The van der Waals surface area contributed by atoms with Crippen LogP contribution in [0.2, 0.25) is 0 Å². The first-order valence-electron chi connectivity index (χ1n) is 13.2. The largest absolute Gasteiger partial charge is 0.466 e. The summed E-state index contributed by atoms with van der Waals surface area (Å²) >= 11 is 0. The van der Waals surface area contributed by atoms with Gasteiger partial charge in [-0.3, -0.25) is 4.79 Å². The monoisotopic (exact) mass is 474 g/mol. The minimum atomic E-state index is -0.991. The van der Waals surface area contributed by atoms with Crippen molar-refractivity contribution < 1.29 is 29.3 Å². The SMILES string of the molecule is CCCCCCCC/C=C\CCCCCCCC(=O)OCC.CCO.CCOC(=O)C(C)O. The first-order valence-corrected chi connectivity index (χ1v) is 13.2. The Labute approximate surface area is 204 Å². The molecule has 0 aromatic rings. The molecule has 1 atom stereocenters. The zero-order valence-corrected chi connectivity index (χ0v) is 22.3. The summed E-state index contributed by atoms with van der Waals surface area (Å²) in [6.45, 7) is 9.95. The zero-order chi connectivity index (χ0) is 25.6. The van der Waals surface area contributed by atoms with Crippen LogP contribution in [0.3, 0.4) is 0 Å². The van der Waals surface area contributed by atoms with E-state index in [2.05, 4.69) is 23.8 Å². The molecule has 0 spiro atoms. The number of hydrogen-bond acceptors (Lipinski definition) is 6. The molecule has 0 saturated heterocycles. The molecule has 0 aliphatic heterocycles. The normalized spacial score (nSPS) is 11.1. The number of hydrogen-bond donors (Lipinski definition) is 2. The van der Waals surface area contributed by atoms with Gasteiger partial charge >= 0.3 is 11.9 Å². The van der Waals surface area contributed by atoms with E-state index in [1.165, 1.54) is 77.6 Å². The molecule has 0 bridgehead atoms. The number of unbranched alkanes of at least 4 members (excludes halogenated alkanes) is 11. The Morgan fingerprint density at radius 3 is 1.55 bits per heavy atom. The minimum Gasteiger partial charge on any atom is -0.466 e. The van der Waals surface area contributed by atoms with E-state index in [1.807, 2.05) is 6.92 Å². The van der Waals surface area contributed by atoms with E-state index >= 15 is 0 Å². The first-order chi connectivity index (χ1) is 15.9. The van der Waals surface area contributed by atoms with Crippen LogP contribution in [0.25, 0.3) is 0 Å². The van der Waals surface area contributed by atoms with Crippen LogP contribution in [-0.4, -0.2) is 48.1 Å². The number of aliphatic hydroxyl groups excluding tert-OH is 2. The van der Waals surface area contributed by atoms with Crippen LogP contribution in [0.1, 0.15) is 125 Å². The van der Waals surface area contributed by atoms with Crippen molar-refractivity contribution in [1.82, 2.24) is 0 Å². The van der Waals surface area contributed by atoms with Gasteiger partial charge in [-0.25, -0.2) is 4.79 Å². The number of rotatable bonds is 18. The third kappa shape index (κ3) is 38.2. The highest BCUT2D eigenvalue weighted by molar-refractivity contribution is 5.73. The van der Waals surface area contributed by atoms with Crippen molar-refractivity contribution in [3.63, 3.8) is 0 Å². The molecule has 0 aliphatic carbocycles. The Bertz CT molecular complexity index is 421. The van der Waals surface area contributed by atoms with Gasteiger partial charge in [0, 0.05) is 13.0 Å². The van der Waals surface area contributed by atoms with Gasteiger partial charge in [0.1, 0.15) is 6.10 Å². The molecule has 33 heavy (non-hydrogen) atoms. The van der Waals surface area contributed by atoms with Crippen molar-refractivity contribution in [2.24, 2.45) is 0 Å². The number of aliphatic hydroxyl groups is 2. The lowest BCUT2D eigenvalue weighted by molar-refractivity contribution is -0.152. The van der Waals surface area contributed by atoms with Gasteiger partial charge in [-0.2, -0.15) is 0 Å². The zero-order valence-electron chi connectivity index (χ0n) is 22.3. The summed E-state index contributed by atoms with van der Waals surface area (Å²) in [5.41, 5.74) is 0. The summed E-state index contributed by atoms with van der Waals surface area (Å²) in [5.74, 6) is -0.604. The number of esters is 2. The maximum absolute atomic E-state index is 11.1. The van der Waals surface area contributed by atoms with E-state index < -0.39 is 12.1 Å². The van der Waals surface area contributed by atoms with E-state index in [9.17, 15) is 9.59 Å². The lowest BCUT2D eigenvalue weighted by atomic mass is 10.1. The molecule has 6 heteroatoms. The van der Waals surface area contributed by atoms with Crippen LogP contribution >= 0.6 is 0 Å². The number of allylic oxidation sites excluding steroid dienone is 2. The van der Waals surface area contributed by atoms with Crippen molar-refractivity contribution >= 4 is 11.9 Å². The Morgan fingerprint density at radius 2 is 1.15 bits per heavy atom. The molecule has 0 saturated carbocycles. The van der Waals surface area contributed by atoms with Crippen molar-refractivity contribution in [2.75, 3.05) is 19.8 Å². The van der Waals surface area contributed by atoms with Gasteiger partial charge in [-0.15, -0.1) is 0 Å². The quantitative estimate of drug-likeness (QED) is 0.133. The maximum atomic E-state index is 11.1. The topological polar surface area (TPSA) is 93.1 Å². The van der Waals surface area contributed by atoms with E-state index in [0.29, 0.717) is 19.6 Å². The molecule has 0 radical (unpaired) electrons. The third-order valence-corrected chi connectivity index (χ3v) is 4.58. The van der Waals surface area contributed by atoms with Gasteiger partial charge in [-0.1, -0.05) is 70.4 Å². The van der Waals surface area contributed by atoms with Crippen LogP contribution in [0.5, 0.6) is 0 Å².